The van der Waals surface area contributed by atoms with Gasteiger partial charge in [-0.05, 0) is 18.2 Å². The highest BCUT2D eigenvalue weighted by Gasteiger charge is 2.14. The second-order valence-corrected chi connectivity index (χ2v) is 3.90. The minimum absolute atomic E-state index is 0.0145. The van der Waals surface area contributed by atoms with E-state index in [0.29, 0.717) is 10.7 Å². The molecule has 0 aromatic heterocycles. The van der Waals surface area contributed by atoms with Gasteiger partial charge in [0.15, 0.2) is 0 Å². The van der Waals surface area contributed by atoms with E-state index >= 15 is 0 Å². The highest BCUT2D eigenvalue weighted by Crippen LogP contribution is 2.25. The summed E-state index contributed by atoms with van der Waals surface area (Å²) in [4.78, 5) is 22.5. The van der Waals surface area contributed by atoms with Gasteiger partial charge in [-0.1, -0.05) is 23.2 Å². The lowest BCUT2D eigenvalue weighted by Crippen LogP contribution is -2.36. The fourth-order valence-corrected chi connectivity index (χ4v) is 1.48. The molecule has 0 radical (unpaired) electrons. The zero-order valence-electron chi connectivity index (χ0n) is 8.67. The first kappa shape index (κ1) is 13.8. The first-order chi connectivity index (χ1) is 8.04. The van der Waals surface area contributed by atoms with E-state index in [-0.39, 0.29) is 18.2 Å². The van der Waals surface area contributed by atoms with Gasteiger partial charge >= 0.3 is 11.8 Å². The zero-order chi connectivity index (χ0) is 12.8. The van der Waals surface area contributed by atoms with Crippen LogP contribution in [0, 0.1) is 0 Å². The summed E-state index contributed by atoms with van der Waals surface area (Å²) >= 11 is 11.5. The lowest BCUT2D eigenvalue weighted by atomic mass is 10.3. The molecule has 0 heterocycles. The van der Waals surface area contributed by atoms with Gasteiger partial charge in [-0.25, -0.2) is 0 Å². The quantitative estimate of drug-likeness (QED) is 0.722. The molecule has 0 atom stereocenters. The van der Waals surface area contributed by atoms with Crippen LogP contribution in [0.3, 0.4) is 0 Å². The van der Waals surface area contributed by atoms with Crippen LogP contribution < -0.4 is 10.6 Å². The summed E-state index contributed by atoms with van der Waals surface area (Å²) < 4.78 is 0. The molecule has 92 valence electrons. The number of halogens is 2. The summed E-state index contributed by atoms with van der Waals surface area (Å²) in [5.74, 6) is -1.70. The van der Waals surface area contributed by atoms with Gasteiger partial charge in [0.25, 0.3) is 0 Å². The van der Waals surface area contributed by atoms with Crippen LogP contribution in [0.2, 0.25) is 10.0 Å². The normalized spacial score (nSPS) is 9.82. The molecular weight excluding hydrogens is 267 g/mol. The number of benzene rings is 1. The van der Waals surface area contributed by atoms with Gasteiger partial charge in [0.05, 0.1) is 17.3 Å². The highest BCUT2D eigenvalue weighted by molar-refractivity contribution is 6.42. The molecule has 0 saturated heterocycles. The number of carbonyl (C=O) groups excluding carboxylic acids is 2. The van der Waals surface area contributed by atoms with Crippen LogP contribution in [-0.2, 0) is 9.59 Å². The van der Waals surface area contributed by atoms with Crippen molar-refractivity contribution in [1.82, 2.24) is 5.32 Å². The van der Waals surface area contributed by atoms with E-state index in [4.69, 9.17) is 28.3 Å². The number of hydrogen-bond donors (Lipinski definition) is 3. The fourth-order valence-electron chi connectivity index (χ4n) is 1.02. The third-order valence-corrected chi connectivity index (χ3v) is 2.33. The first-order valence-corrected chi connectivity index (χ1v) is 5.45. The summed E-state index contributed by atoms with van der Waals surface area (Å²) in [6, 6.07) is 4.47. The number of nitrogens with one attached hydrogen (secondary N) is 2. The molecule has 0 aliphatic carbocycles. The Morgan fingerprint density at radius 3 is 2.53 bits per heavy atom. The first-order valence-electron chi connectivity index (χ1n) is 4.69. The van der Waals surface area contributed by atoms with E-state index < -0.39 is 11.8 Å². The van der Waals surface area contributed by atoms with Crippen molar-refractivity contribution in [3.63, 3.8) is 0 Å². The van der Waals surface area contributed by atoms with E-state index in [1.165, 1.54) is 18.2 Å². The lowest BCUT2D eigenvalue weighted by molar-refractivity contribution is -0.136. The SMILES string of the molecule is O=C(NCCO)C(=O)Nc1ccc(Cl)cc1Cl. The van der Waals surface area contributed by atoms with Crippen molar-refractivity contribution in [2.75, 3.05) is 18.5 Å². The maximum atomic E-state index is 11.4. The molecule has 1 rings (SSSR count). The van der Waals surface area contributed by atoms with Crippen LogP contribution in [-0.4, -0.2) is 30.1 Å². The second-order valence-electron chi connectivity index (χ2n) is 3.06. The van der Waals surface area contributed by atoms with Gasteiger partial charge in [0.1, 0.15) is 0 Å². The van der Waals surface area contributed by atoms with E-state index in [9.17, 15) is 9.59 Å². The van der Waals surface area contributed by atoms with Crippen LogP contribution in [0.25, 0.3) is 0 Å². The van der Waals surface area contributed by atoms with Gasteiger partial charge in [0, 0.05) is 11.6 Å². The molecule has 1 aromatic carbocycles. The molecular formula is C10H10Cl2N2O3. The molecule has 5 nitrogen and oxygen atoms in total. The van der Waals surface area contributed by atoms with Gasteiger partial charge in [-0.3, -0.25) is 9.59 Å². The topological polar surface area (TPSA) is 78.4 Å². The Hall–Kier alpha value is -1.30. The molecule has 7 heteroatoms. The average molecular weight is 277 g/mol. The van der Waals surface area contributed by atoms with Gasteiger partial charge < -0.3 is 15.7 Å². The zero-order valence-corrected chi connectivity index (χ0v) is 10.2. The molecule has 3 N–H and O–H groups in total. The molecule has 0 fully saturated rings. The van der Waals surface area contributed by atoms with Crippen LogP contribution in [0.4, 0.5) is 5.69 Å². The predicted molar refractivity (Wildman–Crippen MR) is 65.2 cm³/mol. The second kappa shape index (κ2) is 6.44. The van der Waals surface area contributed by atoms with E-state index in [1.807, 2.05) is 0 Å². The van der Waals surface area contributed by atoms with Gasteiger partial charge in [-0.15, -0.1) is 0 Å². The van der Waals surface area contributed by atoms with Crippen molar-refractivity contribution in [2.45, 2.75) is 0 Å². The van der Waals surface area contributed by atoms with Crippen molar-refractivity contribution in [2.24, 2.45) is 0 Å². The van der Waals surface area contributed by atoms with E-state index in [0.717, 1.165) is 0 Å². The average Bonchev–Trinajstić information content (AvgIpc) is 2.29. The maximum absolute atomic E-state index is 11.4. The highest BCUT2D eigenvalue weighted by atomic mass is 35.5. The van der Waals surface area contributed by atoms with Crippen molar-refractivity contribution < 1.29 is 14.7 Å². The molecule has 0 saturated carbocycles. The van der Waals surface area contributed by atoms with Crippen molar-refractivity contribution in [3.05, 3.63) is 28.2 Å². The van der Waals surface area contributed by atoms with E-state index in [2.05, 4.69) is 10.6 Å². The molecule has 0 unspecified atom stereocenters. The minimum Gasteiger partial charge on any atom is -0.395 e. The van der Waals surface area contributed by atoms with Crippen LogP contribution in [0.5, 0.6) is 0 Å². The van der Waals surface area contributed by atoms with Gasteiger partial charge in [-0.2, -0.15) is 0 Å². The molecule has 17 heavy (non-hydrogen) atoms. The number of aliphatic hydroxyl groups is 1. The number of hydrogen-bond acceptors (Lipinski definition) is 3. The summed E-state index contributed by atoms with van der Waals surface area (Å²) in [5, 5.41) is 13.7. The van der Waals surface area contributed by atoms with Gasteiger partial charge in [0.2, 0.25) is 0 Å². The lowest BCUT2D eigenvalue weighted by Gasteiger charge is -2.07. The summed E-state index contributed by atoms with van der Waals surface area (Å²) in [6.45, 7) is -0.221. The smallest absolute Gasteiger partial charge is 0.313 e. The number of anilines is 1. The van der Waals surface area contributed by atoms with Crippen molar-refractivity contribution in [3.8, 4) is 0 Å². The monoisotopic (exact) mass is 276 g/mol. The Morgan fingerprint density at radius 1 is 1.24 bits per heavy atom. The number of aliphatic hydroxyl groups excluding tert-OH is 1. The number of rotatable bonds is 3. The third kappa shape index (κ3) is 4.22. The Balaban J connectivity index is 2.64. The largest absolute Gasteiger partial charge is 0.395 e. The third-order valence-electron chi connectivity index (χ3n) is 1.78. The summed E-state index contributed by atoms with van der Waals surface area (Å²) in [6.07, 6.45) is 0. The fraction of sp³-hybridized carbons (Fsp3) is 0.200. The Morgan fingerprint density at radius 2 is 1.94 bits per heavy atom. The van der Waals surface area contributed by atoms with Crippen LogP contribution in [0.1, 0.15) is 0 Å². The number of amides is 2. The molecule has 0 spiro atoms. The Kier molecular flexibility index (Phi) is 5.21. The number of carbonyl (C=O) groups is 2. The standard InChI is InChI=1S/C10H10Cl2N2O3/c11-6-1-2-8(7(12)5-6)14-10(17)9(16)13-3-4-15/h1-2,5,15H,3-4H2,(H,13,16)(H,14,17). The van der Waals surface area contributed by atoms with Crippen molar-refractivity contribution in [1.29, 1.82) is 0 Å². The van der Waals surface area contributed by atoms with Crippen LogP contribution >= 0.6 is 23.2 Å². The predicted octanol–water partition coefficient (Wildman–Crippen LogP) is 1.04. The Bertz CT molecular complexity index is 438. The van der Waals surface area contributed by atoms with E-state index in [1.54, 1.807) is 0 Å². The molecule has 1 aromatic rings. The molecule has 0 bridgehead atoms. The Labute approximate surface area is 108 Å². The van der Waals surface area contributed by atoms with Crippen molar-refractivity contribution >= 4 is 40.7 Å². The van der Waals surface area contributed by atoms with Crippen LogP contribution in [0.15, 0.2) is 18.2 Å². The molecule has 0 aliphatic heterocycles. The molecule has 0 aliphatic rings. The minimum atomic E-state index is -0.859. The maximum Gasteiger partial charge on any atom is 0.313 e. The summed E-state index contributed by atoms with van der Waals surface area (Å²) in [7, 11) is 0. The summed E-state index contributed by atoms with van der Waals surface area (Å²) in [5.41, 5.74) is 0.292. The molecule has 2 amide bonds.